The van der Waals surface area contributed by atoms with Crippen LogP contribution in [0.2, 0.25) is 0 Å². The molecule has 0 bridgehead atoms. The number of nitrogens with two attached hydrogens (primary N) is 1. The molecule has 3 amide bonds. The van der Waals surface area contributed by atoms with E-state index in [9.17, 15) is 34.2 Å². The van der Waals surface area contributed by atoms with Crippen molar-refractivity contribution in [2.24, 2.45) is 11.7 Å². The second-order valence-electron chi connectivity index (χ2n) is 9.10. The second kappa shape index (κ2) is 13.7. The van der Waals surface area contributed by atoms with E-state index in [1.54, 1.807) is 20.0 Å². The maximum absolute atomic E-state index is 12.8. The molecule has 12 nitrogen and oxygen atoms in total. The Labute approximate surface area is 219 Å². The molecule has 0 aliphatic carbocycles. The molecule has 0 radical (unpaired) electrons. The van der Waals surface area contributed by atoms with Crippen molar-refractivity contribution in [2.45, 2.75) is 57.3 Å². The number of amides is 3. The van der Waals surface area contributed by atoms with Crippen LogP contribution in [0.3, 0.4) is 0 Å². The summed E-state index contributed by atoms with van der Waals surface area (Å²) in [4.78, 5) is 64.1. The summed E-state index contributed by atoms with van der Waals surface area (Å²) in [5.74, 6) is -5.30. The van der Waals surface area contributed by atoms with Gasteiger partial charge in [0.1, 0.15) is 18.1 Å². The molecule has 0 aliphatic heterocycles. The van der Waals surface area contributed by atoms with E-state index in [1.807, 2.05) is 24.3 Å². The van der Waals surface area contributed by atoms with Gasteiger partial charge in [-0.2, -0.15) is 12.6 Å². The Morgan fingerprint density at radius 1 is 0.946 bits per heavy atom. The highest BCUT2D eigenvalue weighted by Crippen LogP contribution is 2.18. The molecule has 1 aromatic heterocycles. The van der Waals surface area contributed by atoms with Crippen LogP contribution in [-0.4, -0.2) is 74.8 Å². The van der Waals surface area contributed by atoms with E-state index in [-0.39, 0.29) is 24.5 Å². The fraction of sp³-hybridized carbons (Fsp3) is 0.458. The third-order valence-electron chi connectivity index (χ3n) is 5.60. The van der Waals surface area contributed by atoms with Crippen molar-refractivity contribution < 1.29 is 34.2 Å². The zero-order chi connectivity index (χ0) is 27.7. The number of aromatic amines is 1. The summed E-state index contributed by atoms with van der Waals surface area (Å²) in [6, 6.07) is 2.38. The molecule has 0 fully saturated rings. The van der Waals surface area contributed by atoms with E-state index < -0.39 is 60.2 Å². The number of carbonyl (C=O) groups excluding carboxylic acids is 3. The van der Waals surface area contributed by atoms with Gasteiger partial charge in [-0.3, -0.25) is 19.2 Å². The Morgan fingerprint density at radius 3 is 2.14 bits per heavy atom. The maximum atomic E-state index is 12.8. The number of carbonyl (C=O) groups is 5. The van der Waals surface area contributed by atoms with Gasteiger partial charge < -0.3 is 36.9 Å². The smallest absolute Gasteiger partial charge is 0.326 e. The summed E-state index contributed by atoms with van der Waals surface area (Å²) < 4.78 is 0. The summed E-state index contributed by atoms with van der Waals surface area (Å²) in [6.45, 7) is 3.59. The fourth-order valence-corrected chi connectivity index (χ4v) is 3.98. The number of rotatable bonds is 14. The van der Waals surface area contributed by atoms with Gasteiger partial charge in [0.25, 0.3) is 0 Å². The van der Waals surface area contributed by atoms with Gasteiger partial charge in [-0.1, -0.05) is 32.0 Å². The van der Waals surface area contributed by atoms with Crippen LogP contribution >= 0.6 is 12.6 Å². The second-order valence-corrected chi connectivity index (χ2v) is 9.47. The lowest BCUT2D eigenvalue weighted by Gasteiger charge is -2.24. The standard InChI is InChI=1S/C24H33N5O7S/c1-12(2)7-18(24(35)36)28-23(34)19(11-37)29-22(33)17(9-20(30)31)27-21(32)15(25)8-13-10-26-16-6-4-3-5-14(13)16/h3-6,10,12,15,17-19,26,37H,7-9,11,25H2,1-2H3,(H,27,32)(H,28,34)(H,29,33)(H,30,31)(H,35,36). The number of carboxylic acid groups (broad SMARTS) is 2. The first-order chi connectivity index (χ1) is 17.4. The van der Waals surface area contributed by atoms with Crippen LogP contribution in [0.4, 0.5) is 0 Å². The average molecular weight is 536 g/mol. The molecule has 0 saturated carbocycles. The molecule has 0 aliphatic rings. The highest BCUT2D eigenvalue weighted by molar-refractivity contribution is 7.80. The number of H-pyrrole nitrogens is 1. The molecule has 0 spiro atoms. The zero-order valence-corrected chi connectivity index (χ0v) is 21.5. The normalized spacial score (nSPS) is 14.4. The molecule has 13 heteroatoms. The molecular weight excluding hydrogens is 502 g/mol. The SMILES string of the molecule is CC(C)CC(NC(=O)C(CS)NC(=O)C(CC(=O)O)NC(=O)C(N)Cc1c[nH]c2ccccc12)C(=O)O. The number of aromatic nitrogens is 1. The number of hydrogen-bond acceptors (Lipinski definition) is 7. The van der Waals surface area contributed by atoms with Gasteiger partial charge in [0.05, 0.1) is 12.5 Å². The van der Waals surface area contributed by atoms with Gasteiger partial charge >= 0.3 is 11.9 Å². The molecule has 2 rings (SSSR count). The molecule has 4 atom stereocenters. The number of benzene rings is 1. The number of para-hydroxylation sites is 1. The van der Waals surface area contributed by atoms with E-state index in [0.29, 0.717) is 0 Å². The van der Waals surface area contributed by atoms with Crippen molar-refractivity contribution in [1.82, 2.24) is 20.9 Å². The number of fused-ring (bicyclic) bond motifs is 1. The summed E-state index contributed by atoms with van der Waals surface area (Å²) >= 11 is 4.04. The van der Waals surface area contributed by atoms with Crippen LogP contribution in [0.5, 0.6) is 0 Å². The van der Waals surface area contributed by atoms with Crippen LogP contribution in [0.25, 0.3) is 10.9 Å². The van der Waals surface area contributed by atoms with Crippen LogP contribution in [-0.2, 0) is 30.4 Å². The summed E-state index contributed by atoms with van der Waals surface area (Å²) in [6.07, 6.45) is 1.26. The average Bonchev–Trinajstić information content (AvgIpc) is 3.23. The summed E-state index contributed by atoms with van der Waals surface area (Å²) in [7, 11) is 0. The van der Waals surface area contributed by atoms with E-state index >= 15 is 0 Å². The monoisotopic (exact) mass is 535 g/mol. The minimum Gasteiger partial charge on any atom is -0.481 e. The van der Waals surface area contributed by atoms with Gasteiger partial charge in [-0.05, 0) is 30.4 Å². The van der Waals surface area contributed by atoms with Crippen LogP contribution in [0, 0.1) is 5.92 Å². The summed E-state index contributed by atoms with van der Waals surface area (Å²) in [5, 5.41) is 26.5. The predicted molar refractivity (Wildman–Crippen MR) is 139 cm³/mol. The quantitative estimate of drug-likeness (QED) is 0.155. The first-order valence-electron chi connectivity index (χ1n) is 11.7. The van der Waals surface area contributed by atoms with Gasteiger partial charge in [0.15, 0.2) is 0 Å². The van der Waals surface area contributed by atoms with Gasteiger partial charge in [0.2, 0.25) is 17.7 Å². The van der Waals surface area contributed by atoms with Crippen LogP contribution in [0.1, 0.15) is 32.3 Å². The maximum Gasteiger partial charge on any atom is 0.326 e. The molecule has 1 heterocycles. The van der Waals surface area contributed by atoms with Gasteiger partial charge in [0, 0.05) is 22.9 Å². The third kappa shape index (κ3) is 8.79. The topological polar surface area (TPSA) is 204 Å². The first-order valence-corrected chi connectivity index (χ1v) is 12.3. The zero-order valence-electron chi connectivity index (χ0n) is 20.6. The lowest BCUT2D eigenvalue weighted by Crippen LogP contribution is -2.58. The predicted octanol–water partition coefficient (Wildman–Crippen LogP) is 0.0273. The molecule has 202 valence electrons. The number of nitrogens with one attached hydrogen (secondary N) is 4. The van der Waals surface area contributed by atoms with E-state index in [0.717, 1.165) is 16.5 Å². The van der Waals surface area contributed by atoms with Crippen molar-refractivity contribution in [3.63, 3.8) is 0 Å². The highest BCUT2D eigenvalue weighted by atomic mass is 32.1. The van der Waals surface area contributed by atoms with E-state index in [2.05, 4.69) is 33.6 Å². The Hall–Kier alpha value is -3.58. The van der Waals surface area contributed by atoms with Crippen LogP contribution < -0.4 is 21.7 Å². The molecule has 8 N–H and O–H groups in total. The molecular formula is C24H33N5O7S. The molecule has 1 aromatic carbocycles. The Bertz CT molecular complexity index is 1140. The Balaban J connectivity index is 2.07. The lowest BCUT2D eigenvalue weighted by atomic mass is 10.0. The Morgan fingerprint density at radius 2 is 1.54 bits per heavy atom. The van der Waals surface area contributed by atoms with E-state index in [1.165, 1.54) is 0 Å². The van der Waals surface area contributed by atoms with Gasteiger partial charge in [-0.15, -0.1) is 0 Å². The van der Waals surface area contributed by atoms with Crippen LogP contribution in [0.15, 0.2) is 30.5 Å². The number of hydrogen-bond donors (Lipinski definition) is 8. The van der Waals surface area contributed by atoms with E-state index in [4.69, 9.17) is 5.73 Å². The highest BCUT2D eigenvalue weighted by Gasteiger charge is 2.31. The minimum atomic E-state index is -1.53. The minimum absolute atomic E-state index is 0.0194. The van der Waals surface area contributed by atoms with Crippen molar-refractivity contribution in [1.29, 1.82) is 0 Å². The third-order valence-corrected chi connectivity index (χ3v) is 5.97. The fourth-order valence-electron chi connectivity index (χ4n) is 3.72. The van der Waals surface area contributed by atoms with Crippen molar-refractivity contribution >= 4 is 53.2 Å². The number of carboxylic acids is 2. The Kier molecular flexibility index (Phi) is 10.9. The molecule has 2 aromatic rings. The summed E-state index contributed by atoms with van der Waals surface area (Å²) in [5.41, 5.74) is 7.68. The van der Waals surface area contributed by atoms with Crippen molar-refractivity contribution in [2.75, 3.05) is 5.75 Å². The molecule has 0 saturated heterocycles. The number of aliphatic carboxylic acids is 2. The molecule has 37 heavy (non-hydrogen) atoms. The lowest BCUT2D eigenvalue weighted by molar-refractivity contribution is -0.143. The van der Waals surface area contributed by atoms with Crippen molar-refractivity contribution in [3.05, 3.63) is 36.0 Å². The number of thiol groups is 1. The largest absolute Gasteiger partial charge is 0.481 e. The first kappa shape index (κ1) is 29.6. The molecule has 4 unspecified atom stereocenters. The van der Waals surface area contributed by atoms with Gasteiger partial charge in [-0.25, -0.2) is 4.79 Å². The van der Waals surface area contributed by atoms with Crippen molar-refractivity contribution in [3.8, 4) is 0 Å².